The molecule has 0 aromatic heterocycles. The fourth-order valence-electron chi connectivity index (χ4n) is 2.58. The molecule has 0 atom stereocenters. The number of carbonyl (C=O) groups is 1. The van der Waals surface area contributed by atoms with Crippen molar-refractivity contribution in [2.75, 3.05) is 49.7 Å². The molecule has 0 aliphatic carbocycles. The topological polar surface area (TPSA) is 85.4 Å². The molecule has 0 unspecified atom stereocenters. The van der Waals surface area contributed by atoms with Crippen LogP contribution in [-0.2, 0) is 19.6 Å². The normalized spacial score (nSPS) is 17.0. The third-order valence-corrected chi connectivity index (χ3v) is 5.73. The minimum atomic E-state index is -3.61. The maximum Gasteiger partial charge on any atom is 0.243 e. The lowest BCUT2D eigenvalue weighted by molar-refractivity contribution is -0.133. The Morgan fingerprint density at radius 3 is 2.62 bits per heavy atom. The molecule has 1 aromatic carbocycles. The van der Waals surface area contributed by atoms with Crippen LogP contribution < -0.4 is 13.8 Å². The van der Waals surface area contributed by atoms with E-state index >= 15 is 0 Å². The molecule has 0 radical (unpaired) electrons. The van der Waals surface area contributed by atoms with Gasteiger partial charge >= 0.3 is 0 Å². The summed E-state index contributed by atoms with van der Waals surface area (Å²) in [6.45, 7) is 3.29. The van der Waals surface area contributed by atoms with Crippen LogP contribution in [0.1, 0.15) is 6.92 Å². The fourth-order valence-corrected chi connectivity index (χ4v) is 3.64. The third kappa shape index (κ3) is 3.41. The second-order valence-corrected chi connectivity index (χ2v) is 7.62. The van der Waals surface area contributed by atoms with Crippen molar-refractivity contribution in [2.45, 2.75) is 6.92 Å². The van der Waals surface area contributed by atoms with E-state index < -0.39 is 10.0 Å². The van der Waals surface area contributed by atoms with Gasteiger partial charge in [-0.1, -0.05) is 0 Å². The van der Waals surface area contributed by atoms with Crippen molar-refractivity contribution < 1.29 is 27.4 Å². The van der Waals surface area contributed by atoms with Crippen molar-refractivity contribution in [3.05, 3.63) is 18.2 Å². The first kappa shape index (κ1) is 16.8. The van der Waals surface area contributed by atoms with Gasteiger partial charge in [-0.05, 0) is 19.1 Å². The van der Waals surface area contributed by atoms with Crippen molar-refractivity contribution >= 4 is 21.6 Å². The molecule has 3 rings (SSSR count). The number of sulfonamides is 1. The Bertz CT molecular complexity index is 715. The number of benzene rings is 1. The molecule has 24 heavy (non-hydrogen) atoms. The highest BCUT2D eigenvalue weighted by atomic mass is 32.2. The average Bonchev–Trinajstić information content (AvgIpc) is 3.07. The first-order chi connectivity index (χ1) is 11.5. The molecule has 8 nitrogen and oxygen atoms in total. The van der Waals surface area contributed by atoms with Crippen LogP contribution in [0.15, 0.2) is 18.2 Å². The Hall–Kier alpha value is -2.00. The minimum absolute atomic E-state index is 0.0994. The number of nitrogens with zero attached hydrogens (tertiary/aromatic N) is 2. The van der Waals surface area contributed by atoms with Gasteiger partial charge in [0.1, 0.15) is 6.54 Å². The largest absolute Gasteiger partial charge is 0.454 e. The van der Waals surface area contributed by atoms with Crippen LogP contribution in [0.5, 0.6) is 11.5 Å². The van der Waals surface area contributed by atoms with Gasteiger partial charge in [-0.2, -0.15) is 0 Å². The average molecular weight is 356 g/mol. The van der Waals surface area contributed by atoms with Gasteiger partial charge in [-0.15, -0.1) is 0 Å². The Labute approximate surface area is 140 Å². The molecule has 1 saturated heterocycles. The summed E-state index contributed by atoms with van der Waals surface area (Å²) < 4.78 is 41.9. The second kappa shape index (κ2) is 6.86. The van der Waals surface area contributed by atoms with Crippen LogP contribution in [0.2, 0.25) is 0 Å². The standard InChI is InChI=1S/C15H20N2O6S/c1-2-24(19,20)17(10-15(18)16-5-7-21-8-6-16)12-3-4-13-14(9-12)23-11-22-13/h3-4,9H,2,5-8,10-11H2,1H3. The Morgan fingerprint density at radius 2 is 1.92 bits per heavy atom. The predicted molar refractivity (Wildman–Crippen MR) is 86.8 cm³/mol. The van der Waals surface area contributed by atoms with Crippen molar-refractivity contribution in [3.8, 4) is 11.5 Å². The molecule has 0 N–H and O–H groups in total. The molecule has 0 bridgehead atoms. The number of anilines is 1. The van der Waals surface area contributed by atoms with Gasteiger partial charge in [0.25, 0.3) is 0 Å². The summed E-state index contributed by atoms with van der Waals surface area (Å²) in [5.41, 5.74) is 0.391. The van der Waals surface area contributed by atoms with Gasteiger partial charge in [-0.3, -0.25) is 9.10 Å². The van der Waals surface area contributed by atoms with E-state index in [1.54, 1.807) is 30.0 Å². The summed E-state index contributed by atoms with van der Waals surface area (Å²) in [6, 6.07) is 4.85. The number of hydrogen-bond donors (Lipinski definition) is 0. The molecule has 0 spiro atoms. The summed E-state index contributed by atoms with van der Waals surface area (Å²) >= 11 is 0. The third-order valence-electron chi connectivity index (χ3n) is 3.99. The molecule has 9 heteroatoms. The lowest BCUT2D eigenvalue weighted by Crippen LogP contribution is -2.47. The summed E-state index contributed by atoms with van der Waals surface area (Å²) in [4.78, 5) is 14.1. The van der Waals surface area contributed by atoms with Gasteiger partial charge < -0.3 is 19.1 Å². The smallest absolute Gasteiger partial charge is 0.243 e. The minimum Gasteiger partial charge on any atom is -0.454 e. The fraction of sp³-hybridized carbons (Fsp3) is 0.533. The lowest BCUT2D eigenvalue weighted by atomic mass is 10.2. The Kier molecular flexibility index (Phi) is 4.81. The van der Waals surface area contributed by atoms with Crippen molar-refractivity contribution in [2.24, 2.45) is 0 Å². The van der Waals surface area contributed by atoms with E-state index in [-0.39, 0.29) is 25.0 Å². The van der Waals surface area contributed by atoms with Crippen LogP contribution in [-0.4, -0.2) is 64.6 Å². The van der Waals surface area contributed by atoms with Crippen molar-refractivity contribution in [1.29, 1.82) is 0 Å². The molecular weight excluding hydrogens is 336 g/mol. The molecular formula is C15H20N2O6S. The monoisotopic (exact) mass is 356 g/mol. The molecule has 0 saturated carbocycles. The van der Waals surface area contributed by atoms with E-state index in [1.165, 1.54) is 0 Å². The second-order valence-electron chi connectivity index (χ2n) is 5.44. The molecule has 132 valence electrons. The summed E-state index contributed by atoms with van der Waals surface area (Å²) in [5.74, 6) is 0.695. The van der Waals surface area contributed by atoms with Crippen LogP contribution >= 0.6 is 0 Å². The zero-order chi connectivity index (χ0) is 17.2. The zero-order valence-electron chi connectivity index (χ0n) is 13.4. The van der Waals surface area contributed by atoms with E-state index in [9.17, 15) is 13.2 Å². The van der Waals surface area contributed by atoms with Crippen LogP contribution in [0.4, 0.5) is 5.69 Å². The number of fused-ring (bicyclic) bond motifs is 1. The molecule has 2 aliphatic heterocycles. The van der Waals surface area contributed by atoms with Gasteiger partial charge in [0, 0.05) is 19.2 Å². The molecule has 1 amide bonds. The maximum atomic E-state index is 12.5. The molecule has 1 fully saturated rings. The van der Waals surface area contributed by atoms with E-state index in [0.717, 1.165) is 4.31 Å². The SMILES string of the molecule is CCS(=O)(=O)N(CC(=O)N1CCOCC1)c1ccc2c(c1)OCO2. The quantitative estimate of drug-likeness (QED) is 0.761. The van der Waals surface area contributed by atoms with E-state index in [0.29, 0.717) is 43.5 Å². The molecule has 1 aromatic rings. The predicted octanol–water partition coefficient (Wildman–Crippen LogP) is 0.430. The van der Waals surface area contributed by atoms with E-state index in [4.69, 9.17) is 14.2 Å². The molecule has 2 aliphatic rings. The van der Waals surface area contributed by atoms with Gasteiger partial charge in [-0.25, -0.2) is 8.42 Å². The number of hydrogen-bond acceptors (Lipinski definition) is 6. The van der Waals surface area contributed by atoms with Gasteiger partial charge in [0.15, 0.2) is 11.5 Å². The van der Waals surface area contributed by atoms with Crippen molar-refractivity contribution in [3.63, 3.8) is 0 Å². The number of amides is 1. The summed E-state index contributed by atoms with van der Waals surface area (Å²) in [5, 5.41) is 0. The highest BCUT2D eigenvalue weighted by Gasteiger charge is 2.28. The van der Waals surface area contributed by atoms with E-state index in [1.807, 2.05) is 0 Å². The summed E-state index contributed by atoms with van der Waals surface area (Å²) in [6.07, 6.45) is 0. The zero-order valence-corrected chi connectivity index (χ0v) is 14.3. The number of carbonyl (C=O) groups excluding carboxylic acids is 1. The number of morpholine rings is 1. The first-order valence-corrected chi connectivity index (χ1v) is 9.38. The number of rotatable bonds is 5. The van der Waals surface area contributed by atoms with E-state index in [2.05, 4.69) is 0 Å². The number of ether oxygens (including phenoxy) is 3. The highest BCUT2D eigenvalue weighted by molar-refractivity contribution is 7.92. The summed E-state index contributed by atoms with van der Waals surface area (Å²) in [7, 11) is -3.61. The van der Waals surface area contributed by atoms with Gasteiger partial charge in [0.05, 0.1) is 24.7 Å². The maximum absolute atomic E-state index is 12.5. The van der Waals surface area contributed by atoms with Crippen molar-refractivity contribution in [1.82, 2.24) is 4.90 Å². The molecule has 2 heterocycles. The highest BCUT2D eigenvalue weighted by Crippen LogP contribution is 2.36. The van der Waals surface area contributed by atoms with Crippen LogP contribution in [0.3, 0.4) is 0 Å². The lowest BCUT2D eigenvalue weighted by Gasteiger charge is -2.30. The first-order valence-electron chi connectivity index (χ1n) is 7.77. The van der Waals surface area contributed by atoms with Crippen LogP contribution in [0.25, 0.3) is 0 Å². The van der Waals surface area contributed by atoms with Gasteiger partial charge in [0.2, 0.25) is 22.7 Å². The van der Waals surface area contributed by atoms with Crippen LogP contribution in [0, 0.1) is 0 Å². The Morgan fingerprint density at radius 1 is 1.21 bits per heavy atom. The Balaban J connectivity index is 1.85.